The van der Waals surface area contributed by atoms with Crippen molar-refractivity contribution in [2.24, 2.45) is 0 Å². The molecule has 0 amide bonds. The van der Waals surface area contributed by atoms with Crippen molar-refractivity contribution in [1.82, 2.24) is 29.5 Å². The molecule has 0 aliphatic carbocycles. The number of nitrogens with one attached hydrogen (secondary N) is 1. The number of halogens is 1. The van der Waals surface area contributed by atoms with Gasteiger partial charge >= 0.3 is 0 Å². The maximum Gasteiger partial charge on any atom is 0.140 e. The van der Waals surface area contributed by atoms with Gasteiger partial charge < -0.3 is 9.55 Å². The zero-order valence-corrected chi connectivity index (χ0v) is 17.2. The van der Waals surface area contributed by atoms with Crippen molar-refractivity contribution in [3.63, 3.8) is 0 Å². The molecule has 7 heteroatoms. The molecule has 3 aromatic heterocycles. The molecule has 0 aliphatic rings. The van der Waals surface area contributed by atoms with Crippen molar-refractivity contribution in [2.75, 3.05) is 0 Å². The maximum absolute atomic E-state index is 6.31. The van der Waals surface area contributed by atoms with Crippen molar-refractivity contribution < 1.29 is 0 Å². The van der Waals surface area contributed by atoms with Crippen LogP contribution in [0.2, 0.25) is 5.02 Å². The third-order valence-corrected chi connectivity index (χ3v) is 5.73. The number of fused-ring (bicyclic) bond motifs is 2. The minimum Gasteiger partial charge on any atom is -0.341 e. The fourth-order valence-corrected chi connectivity index (χ4v) is 4.17. The van der Waals surface area contributed by atoms with Gasteiger partial charge in [0.25, 0.3) is 0 Å². The number of nitrogens with zero attached hydrogens (tertiary/aromatic N) is 5. The molecule has 0 bridgehead atoms. The van der Waals surface area contributed by atoms with Gasteiger partial charge in [0.1, 0.15) is 11.5 Å². The van der Waals surface area contributed by atoms with Crippen LogP contribution < -0.4 is 0 Å². The van der Waals surface area contributed by atoms with Gasteiger partial charge in [-0.05, 0) is 30.3 Å². The molecule has 0 saturated heterocycles. The summed E-state index contributed by atoms with van der Waals surface area (Å²) in [6, 6.07) is 24.0. The molecule has 3 heterocycles. The number of aromatic nitrogens is 6. The first-order valence-corrected chi connectivity index (χ1v) is 10.3. The van der Waals surface area contributed by atoms with Crippen LogP contribution in [0.4, 0.5) is 0 Å². The number of H-pyrrole nitrogens is 1. The summed E-state index contributed by atoms with van der Waals surface area (Å²) in [4.78, 5) is 8.23. The number of aromatic amines is 1. The minimum atomic E-state index is 0.588. The van der Waals surface area contributed by atoms with E-state index in [0.29, 0.717) is 11.6 Å². The van der Waals surface area contributed by atoms with Gasteiger partial charge in [0.2, 0.25) is 0 Å². The van der Waals surface area contributed by atoms with E-state index in [0.717, 1.165) is 44.7 Å². The monoisotopic (exact) mass is 424 g/mol. The number of benzene rings is 3. The van der Waals surface area contributed by atoms with Gasteiger partial charge in [-0.2, -0.15) is 0 Å². The van der Waals surface area contributed by atoms with Crippen LogP contribution >= 0.6 is 11.6 Å². The Bertz CT molecular complexity index is 1510. The maximum atomic E-state index is 6.31. The van der Waals surface area contributed by atoms with E-state index < -0.39 is 0 Å². The molecule has 31 heavy (non-hydrogen) atoms. The average Bonchev–Trinajstić information content (AvgIpc) is 3.51. The lowest BCUT2D eigenvalue weighted by molar-refractivity contribution is 0.775. The highest BCUT2D eigenvalue weighted by Crippen LogP contribution is 2.30. The molecule has 0 saturated carbocycles. The lowest BCUT2D eigenvalue weighted by Gasteiger charge is -2.02. The van der Waals surface area contributed by atoms with Crippen LogP contribution in [0.25, 0.3) is 39.0 Å². The van der Waals surface area contributed by atoms with E-state index in [9.17, 15) is 0 Å². The second-order valence-electron chi connectivity index (χ2n) is 7.40. The van der Waals surface area contributed by atoms with E-state index in [1.807, 2.05) is 66.9 Å². The standard InChI is InChI=1S/C24H17ClN6/c25-19-8-2-6-12-23(19)31-14-16(28-29-31)13-30-15-18(17-7-1-5-11-22(17)30)24-26-20-9-3-4-10-21(20)27-24/h1-12,14-15H,13H2,(H,26,27). The van der Waals surface area contributed by atoms with E-state index in [2.05, 4.69) is 38.2 Å². The number of imidazole rings is 1. The van der Waals surface area contributed by atoms with Gasteiger partial charge in [0.05, 0.1) is 34.5 Å². The Morgan fingerprint density at radius 2 is 1.68 bits per heavy atom. The van der Waals surface area contributed by atoms with Gasteiger partial charge in [0.15, 0.2) is 0 Å². The molecule has 0 unspecified atom stereocenters. The molecule has 6 aromatic rings. The van der Waals surface area contributed by atoms with Crippen molar-refractivity contribution >= 4 is 33.5 Å². The normalized spacial score (nSPS) is 11.5. The first kappa shape index (κ1) is 17.9. The number of para-hydroxylation sites is 4. The predicted molar refractivity (Wildman–Crippen MR) is 122 cm³/mol. The molecular formula is C24H17ClN6. The van der Waals surface area contributed by atoms with Crippen molar-refractivity contribution in [1.29, 1.82) is 0 Å². The molecule has 0 radical (unpaired) electrons. The predicted octanol–water partition coefficient (Wildman–Crippen LogP) is 5.47. The molecule has 0 spiro atoms. The molecule has 0 fully saturated rings. The number of hydrogen-bond donors (Lipinski definition) is 1. The second-order valence-corrected chi connectivity index (χ2v) is 7.80. The summed E-state index contributed by atoms with van der Waals surface area (Å²) in [5, 5.41) is 10.4. The largest absolute Gasteiger partial charge is 0.341 e. The summed E-state index contributed by atoms with van der Waals surface area (Å²) in [6.45, 7) is 0.588. The van der Waals surface area contributed by atoms with Gasteiger partial charge in [0, 0.05) is 22.7 Å². The quantitative estimate of drug-likeness (QED) is 0.408. The van der Waals surface area contributed by atoms with E-state index >= 15 is 0 Å². The van der Waals surface area contributed by atoms with Gasteiger partial charge in [-0.3, -0.25) is 0 Å². The molecule has 3 aromatic carbocycles. The Labute approximate surface area is 182 Å². The van der Waals surface area contributed by atoms with E-state index in [1.54, 1.807) is 4.68 Å². The molecule has 0 aliphatic heterocycles. The summed E-state index contributed by atoms with van der Waals surface area (Å²) >= 11 is 6.31. The van der Waals surface area contributed by atoms with Crippen molar-refractivity contribution in [3.8, 4) is 17.1 Å². The molecule has 6 nitrogen and oxygen atoms in total. The molecule has 0 atom stereocenters. The SMILES string of the molecule is Clc1ccccc1-n1cc(Cn2cc(-c3nc4ccccc4[nH]3)c3ccccc32)nn1. The Balaban J connectivity index is 1.41. The number of hydrogen-bond acceptors (Lipinski definition) is 3. The Hall–Kier alpha value is -3.90. The van der Waals surface area contributed by atoms with Crippen LogP contribution in [-0.2, 0) is 6.54 Å². The van der Waals surface area contributed by atoms with Crippen LogP contribution in [0.5, 0.6) is 0 Å². The third kappa shape index (κ3) is 3.08. The van der Waals surface area contributed by atoms with E-state index in [1.165, 1.54) is 0 Å². The summed E-state index contributed by atoms with van der Waals surface area (Å²) in [5.74, 6) is 0.857. The Kier molecular flexibility index (Phi) is 4.11. The van der Waals surface area contributed by atoms with Crippen molar-refractivity contribution in [2.45, 2.75) is 6.54 Å². The number of rotatable bonds is 4. The highest BCUT2D eigenvalue weighted by Gasteiger charge is 2.15. The van der Waals surface area contributed by atoms with Crippen LogP contribution in [0.3, 0.4) is 0 Å². The first-order chi connectivity index (χ1) is 15.3. The molecule has 6 rings (SSSR count). The van der Waals surface area contributed by atoms with Crippen LogP contribution in [0.15, 0.2) is 85.2 Å². The van der Waals surface area contributed by atoms with Gasteiger partial charge in [-0.25, -0.2) is 9.67 Å². The molecule has 1 N–H and O–H groups in total. The van der Waals surface area contributed by atoms with Crippen LogP contribution in [-0.4, -0.2) is 29.5 Å². The highest BCUT2D eigenvalue weighted by molar-refractivity contribution is 6.32. The highest BCUT2D eigenvalue weighted by atomic mass is 35.5. The summed E-state index contributed by atoms with van der Waals surface area (Å²) in [5.41, 5.74) is 5.81. The molecular weight excluding hydrogens is 408 g/mol. The minimum absolute atomic E-state index is 0.588. The van der Waals surface area contributed by atoms with Crippen LogP contribution in [0, 0.1) is 0 Å². The average molecular weight is 425 g/mol. The summed E-state index contributed by atoms with van der Waals surface area (Å²) < 4.78 is 3.89. The van der Waals surface area contributed by atoms with E-state index in [-0.39, 0.29) is 0 Å². The second kappa shape index (κ2) is 7.11. The van der Waals surface area contributed by atoms with Crippen LogP contribution in [0.1, 0.15) is 5.69 Å². The lowest BCUT2D eigenvalue weighted by Crippen LogP contribution is -1.98. The first-order valence-electron chi connectivity index (χ1n) is 9.95. The zero-order chi connectivity index (χ0) is 20.8. The fourth-order valence-electron chi connectivity index (χ4n) is 3.95. The van der Waals surface area contributed by atoms with Gasteiger partial charge in [-0.1, -0.05) is 59.3 Å². The summed E-state index contributed by atoms with van der Waals surface area (Å²) in [6.07, 6.45) is 4.04. The van der Waals surface area contributed by atoms with Gasteiger partial charge in [-0.15, -0.1) is 5.10 Å². The van der Waals surface area contributed by atoms with E-state index in [4.69, 9.17) is 16.6 Å². The Morgan fingerprint density at radius 3 is 2.58 bits per heavy atom. The molecule has 150 valence electrons. The summed E-state index contributed by atoms with van der Waals surface area (Å²) in [7, 11) is 0. The fraction of sp³-hybridized carbons (Fsp3) is 0.0417. The smallest absolute Gasteiger partial charge is 0.140 e. The Morgan fingerprint density at radius 1 is 0.871 bits per heavy atom. The zero-order valence-electron chi connectivity index (χ0n) is 16.4. The van der Waals surface area contributed by atoms with Crippen molar-refractivity contribution in [3.05, 3.63) is 95.9 Å². The third-order valence-electron chi connectivity index (χ3n) is 5.41. The lowest BCUT2D eigenvalue weighted by atomic mass is 10.2. The topological polar surface area (TPSA) is 64.3 Å².